The number of nitrogens with zero attached hydrogens (tertiary/aromatic N) is 2. The number of nitrogens with one attached hydrogen (secondary N) is 1. The molecule has 1 N–H and O–H groups in total. The van der Waals surface area contributed by atoms with Gasteiger partial charge in [-0.1, -0.05) is 18.2 Å². The third-order valence-corrected chi connectivity index (χ3v) is 4.06. The fraction of sp³-hybridized carbons (Fsp3) is 0.438. The Balaban J connectivity index is 2.41. The minimum Gasteiger partial charge on any atom is -0.344 e. The lowest BCUT2D eigenvalue weighted by atomic mass is 10.1. The number of fused-ring (bicyclic) bond motifs is 1. The van der Waals surface area contributed by atoms with E-state index >= 15 is 0 Å². The number of hydrazone groups is 1. The number of halogens is 7. The SMILES string of the molecule is CCn1c(C)c(/C=N/NC(F)(F)C(F)(F)C(F)(F)F)c2cccc(C)c21. The molecule has 0 spiro atoms. The van der Waals surface area contributed by atoms with Crippen molar-refractivity contribution in [3.8, 4) is 0 Å². The standard InChI is InChI=1S/C16H16F7N3/c1-4-26-10(3)12(11-7-5-6-9(2)13(11)26)8-24-25-16(22,23)14(17,18)15(19,20)21/h5-8,25H,4H2,1-3H3/b24-8+. The molecular formula is C16H16F7N3. The van der Waals surface area contributed by atoms with Crippen LogP contribution in [-0.4, -0.2) is 28.9 Å². The van der Waals surface area contributed by atoms with Crippen LogP contribution >= 0.6 is 0 Å². The van der Waals surface area contributed by atoms with Gasteiger partial charge in [0.2, 0.25) is 0 Å². The lowest BCUT2D eigenvalue weighted by molar-refractivity contribution is -0.361. The van der Waals surface area contributed by atoms with E-state index in [1.807, 2.05) is 24.5 Å². The summed E-state index contributed by atoms with van der Waals surface area (Å²) in [6, 6.07) is -0.348. The molecule has 0 unspecified atom stereocenters. The molecule has 0 aliphatic rings. The lowest BCUT2D eigenvalue weighted by Gasteiger charge is -2.27. The zero-order valence-electron chi connectivity index (χ0n) is 14.1. The Morgan fingerprint density at radius 1 is 1.08 bits per heavy atom. The first-order valence-corrected chi connectivity index (χ1v) is 7.56. The van der Waals surface area contributed by atoms with Crippen LogP contribution in [0.5, 0.6) is 0 Å². The van der Waals surface area contributed by atoms with Gasteiger partial charge in [-0.05, 0) is 26.3 Å². The number of hydrogen-bond acceptors (Lipinski definition) is 2. The first-order valence-electron chi connectivity index (χ1n) is 7.56. The summed E-state index contributed by atoms with van der Waals surface area (Å²) < 4.78 is 90.5. The maximum atomic E-state index is 13.3. The molecule has 2 aromatic rings. The van der Waals surface area contributed by atoms with Crippen molar-refractivity contribution in [1.29, 1.82) is 0 Å². The number of aryl methyl sites for hydroxylation is 2. The molecule has 0 bridgehead atoms. The summed E-state index contributed by atoms with van der Waals surface area (Å²) in [5, 5.41) is 3.59. The van der Waals surface area contributed by atoms with Crippen molar-refractivity contribution in [3.05, 3.63) is 35.0 Å². The van der Waals surface area contributed by atoms with Gasteiger partial charge >= 0.3 is 18.1 Å². The molecule has 0 fully saturated rings. The maximum absolute atomic E-state index is 13.3. The number of benzene rings is 1. The summed E-state index contributed by atoms with van der Waals surface area (Å²) in [7, 11) is 0. The molecule has 0 amide bonds. The summed E-state index contributed by atoms with van der Waals surface area (Å²) in [5.74, 6) is -6.26. The van der Waals surface area contributed by atoms with Crippen LogP contribution in [0, 0.1) is 13.8 Å². The molecule has 2 rings (SSSR count). The van der Waals surface area contributed by atoms with Gasteiger partial charge in [0, 0.05) is 23.2 Å². The third-order valence-electron chi connectivity index (χ3n) is 4.06. The van der Waals surface area contributed by atoms with E-state index in [2.05, 4.69) is 5.10 Å². The Morgan fingerprint density at radius 2 is 1.69 bits per heavy atom. The van der Waals surface area contributed by atoms with Crippen molar-refractivity contribution in [2.24, 2.45) is 5.10 Å². The minimum absolute atomic E-state index is 0.351. The summed E-state index contributed by atoms with van der Waals surface area (Å²) in [4.78, 5) is 0. The van der Waals surface area contributed by atoms with E-state index in [-0.39, 0.29) is 0 Å². The molecule has 1 aromatic heterocycles. The lowest BCUT2D eigenvalue weighted by Crippen LogP contribution is -2.58. The predicted molar refractivity (Wildman–Crippen MR) is 83.8 cm³/mol. The van der Waals surface area contributed by atoms with Crippen LogP contribution in [0.25, 0.3) is 10.9 Å². The van der Waals surface area contributed by atoms with Crippen LogP contribution in [-0.2, 0) is 6.54 Å². The fourth-order valence-corrected chi connectivity index (χ4v) is 2.73. The Kier molecular flexibility index (Phi) is 5.00. The second kappa shape index (κ2) is 6.48. The van der Waals surface area contributed by atoms with Gasteiger partial charge in [-0.25, -0.2) is 5.43 Å². The number of para-hydroxylation sites is 1. The highest BCUT2D eigenvalue weighted by Gasteiger charge is 2.73. The van der Waals surface area contributed by atoms with Crippen LogP contribution < -0.4 is 5.43 Å². The van der Waals surface area contributed by atoms with Gasteiger partial charge in [-0.15, -0.1) is 0 Å². The first kappa shape index (κ1) is 20.1. The Bertz CT molecular complexity index is 834. The van der Waals surface area contributed by atoms with E-state index in [4.69, 9.17) is 0 Å². The van der Waals surface area contributed by atoms with E-state index in [9.17, 15) is 30.7 Å². The topological polar surface area (TPSA) is 29.3 Å². The van der Waals surface area contributed by atoms with Crippen molar-refractivity contribution in [1.82, 2.24) is 9.99 Å². The van der Waals surface area contributed by atoms with Gasteiger partial charge in [0.05, 0.1) is 11.7 Å². The number of rotatable bonds is 5. The van der Waals surface area contributed by atoms with E-state index in [1.165, 1.54) is 0 Å². The fourth-order valence-electron chi connectivity index (χ4n) is 2.73. The zero-order chi connectivity index (χ0) is 19.9. The van der Waals surface area contributed by atoms with Gasteiger partial charge in [-0.3, -0.25) is 0 Å². The van der Waals surface area contributed by atoms with Crippen molar-refractivity contribution in [2.75, 3.05) is 0 Å². The van der Waals surface area contributed by atoms with Crippen LogP contribution in [0.1, 0.15) is 23.7 Å². The molecule has 1 aromatic carbocycles. The van der Waals surface area contributed by atoms with Gasteiger partial charge in [0.15, 0.2) is 0 Å². The van der Waals surface area contributed by atoms with E-state index in [0.29, 0.717) is 28.6 Å². The Morgan fingerprint density at radius 3 is 2.23 bits per heavy atom. The summed E-state index contributed by atoms with van der Waals surface area (Å²) >= 11 is 0. The van der Waals surface area contributed by atoms with Gasteiger partial charge in [0.1, 0.15) is 0 Å². The molecule has 0 saturated carbocycles. The summed E-state index contributed by atoms with van der Waals surface area (Å²) in [6.07, 6.45) is -5.59. The normalized spacial score (nSPS) is 13.8. The highest BCUT2D eigenvalue weighted by Crippen LogP contribution is 2.45. The Hall–Kier alpha value is -2.26. The molecule has 0 radical (unpaired) electrons. The first-order chi connectivity index (χ1) is 11.8. The molecule has 3 nitrogen and oxygen atoms in total. The highest BCUT2D eigenvalue weighted by atomic mass is 19.4. The van der Waals surface area contributed by atoms with Crippen molar-refractivity contribution in [2.45, 2.75) is 45.5 Å². The molecule has 0 aliphatic carbocycles. The largest absolute Gasteiger partial charge is 0.462 e. The second-order valence-corrected chi connectivity index (χ2v) is 5.73. The monoisotopic (exact) mass is 383 g/mol. The average molecular weight is 383 g/mol. The summed E-state index contributed by atoms with van der Waals surface area (Å²) in [6.45, 7) is 5.92. The molecule has 0 aliphatic heterocycles. The number of hydrogen-bond donors (Lipinski definition) is 1. The third kappa shape index (κ3) is 3.12. The smallest absolute Gasteiger partial charge is 0.344 e. The average Bonchev–Trinajstić information content (AvgIpc) is 2.79. The molecule has 0 atom stereocenters. The van der Waals surface area contributed by atoms with Crippen LogP contribution in [0.3, 0.4) is 0 Å². The van der Waals surface area contributed by atoms with E-state index < -0.39 is 18.1 Å². The van der Waals surface area contributed by atoms with Gasteiger partial charge in [0.25, 0.3) is 0 Å². The van der Waals surface area contributed by atoms with Crippen LogP contribution in [0.15, 0.2) is 23.3 Å². The van der Waals surface area contributed by atoms with Crippen LogP contribution in [0.4, 0.5) is 30.7 Å². The van der Waals surface area contributed by atoms with Crippen molar-refractivity contribution >= 4 is 17.1 Å². The predicted octanol–water partition coefficient (Wildman–Crippen LogP) is 4.99. The van der Waals surface area contributed by atoms with E-state index in [0.717, 1.165) is 17.3 Å². The quantitative estimate of drug-likeness (QED) is 0.335. The van der Waals surface area contributed by atoms with E-state index in [1.54, 1.807) is 19.1 Å². The van der Waals surface area contributed by atoms with Crippen molar-refractivity contribution in [3.63, 3.8) is 0 Å². The molecule has 10 heteroatoms. The van der Waals surface area contributed by atoms with Crippen molar-refractivity contribution < 1.29 is 30.7 Å². The molecular weight excluding hydrogens is 367 g/mol. The summed E-state index contributed by atoms with van der Waals surface area (Å²) in [5.41, 5.74) is 3.32. The zero-order valence-corrected chi connectivity index (χ0v) is 14.1. The number of alkyl halides is 7. The van der Waals surface area contributed by atoms with Gasteiger partial charge < -0.3 is 4.57 Å². The van der Waals surface area contributed by atoms with Crippen LogP contribution in [0.2, 0.25) is 0 Å². The molecule has 0 saturated heterocycles. The highest BCUT2D eigenvalue weighted by molar-refractivity contribution is 6.02. The van der Waals surface area contributed by atoms with Gasteiger partial charge in [-0.2, -0.15) is 35.8 Å². The second-order valence-electron chi connectivity index (χ2n) is 5.73. The number of aromatic nitrogens is 1. The molecule has 144 valence electrons. The molecule has 26 heavy (non-hydrogen) atoms. The molecule has 1 heterocycles. The Labute approximate surface area is 144 Å². The minimum atomic E-state index is -6.41. The maximum Gasteiger partial charge on any atom is 0.462 e.